The Morgan fingerprint density at radius 1 is 0.706 bits per heavy atom. The van der Waals surface area contributed by atoms with Crippen LogP contribution >= 0.6 is 0 Å². The molecule has 0 spiro atoms. The minimum atomic E-state index is 1.04. The molecular weight excluding hydrogens is 212 g/mol. The fourth-order valence-electron chi connectivity index (χ4n) is 1.36. The molecule has 0 rings (SSSR count). The standard InChI is InChI=1S/C13H30N4/c1-7-15(4)10-11-17(6)13-12-16(5)9-8-14(2)3/h7H,1,8-13H2,2-6H3. The van der Waals surface area contributed by atoms with Gasteiger partial charge in [-0.05, 0) is 34.4 Å². The Morgan fingerprint density at radius 3 is 1.53 bits per heavy atom. The van der Waals surface area contributed by atoms with Gasteiger partial charge in [0.15, 0.2) is 0 Å². The Balaban J connectivity index is 3.54. The molecule has 0 saturated heterocycles. The zero-order chi connectivity index (χ0) is 13.3. The Hall–Kier alpha value is -0.580. The van der Waals surface area contributed by atoms with Crippen molar-refractivity contribution >= 4 is 0 Å². The minimum absolute atomic E-state index is 1.04. The van der Waals surface area contributed by atoms with Gasteiger partial charge in [0.25, 0.3) is 0 Å². The summed E-state index contributed by atoms with van der Waals surface area (Å²) >= 11 is 0. The van der Waals surface area contributed by atoms with E-state index in [4.69, 9.17) is 0 Å². The summed E-state index contributed by atoms with van der Waals surface area (Å²) in [6.45, 7) is 10.4. The highest BCUT2D eigenvalue weighted by Gasteiger charge is 2.03. The quantitative estimate of drug-likeness (QED) is 0.553. The molecule has 0 aliphatic rings. The first kappa shape index (κ1) is 16.4. The Labute approximate surface area is 107 Å². The fourth-order valence-corrected chi connectivity index (χ4v) is 1.36. The Bertz CT molecular complexity index is 194. The summed E-state index contributed by atoms with van der Waals surface area (Å²) in [7, 11) is 10.7. The van der Waals surface area contributed by atoms with Gasteiger partial charge >= 0.3 is 0 Å². The Morgan fingerprint density at radius 2 is 1.12 bits per heavy atom. The van der Waals surface area contributed by atoms with Crippen molar-refractivity contribution in [2.75, 3.05) is 74.5 Å². The summed E-state index contributed by atoms with van der Waals surface area (Å²) in [5.74, 6) is 0. The molecular formula is C13H30N4. The third kappa shape index (κ3) is 10.3. The van der Waals surface area contributed by atoms with Crippen molar-refractivity contribution in [3.63, 3.8) is 0 Å². The van der Waals surface area contributed by atoms with Crippen LogP contribution in [-0.2, 0) is 0 Å². The van der Waals surface area contributed by atoms with E-state index < -0.39 is 0 Å². The molecule has 17 heavy (non-hydrogen) atoms. The number of likely N-dealkylation sites (N-methyl/N-ethyl adjacent to an activating group) is 4. The first-order chi connectivity index (χ1) is 7.95. The molecule has 0 aliphatic carbocycles. The molecule has 4 heteroatoms. The van der Waals surface area contributed by atoms with E-state index in [2.05, 4.69) is 61.4 Å². The molecule has 102 valence electrons. The first-order valence-electron chi connectivity index (χ1n) is 6.30. The van der Waals surface area contributed by atoms with Crippen LogP contribution in [0.25, 0.3) is 0 Å². The molecule has 0 atom stereocenters. The van der Waals surface area contributed by atoms with Crippen LogP contribution in [0.3, 0.4) is 0 Å². The molecule has 0 aliphatic heterocycles. The summed E-state index contributed by atoms with van der Waals surface area (Å²) in [6.07, 6.45) is 1.87. The van der Waals surface area contributed by atoms with Gasteiger partial charge in [-0.25, -0.2) is 0 Å². The van der Waals surface area contributed by atoms with E-state index in [1.807, 2.05) is 6.20 Å². The maximum Gasteiger partial charge on any atom is 0.0296 e. The predicted octanol–water partition coefficient (Wildman–Crippen LogP) is 0.487. The largest absolute Gasteiger partial charge is 0.380 e. The highest BCUT2D eigenvalue weighted by atomic mass is 15.2. The van der Waals surface area contributed by atoms with Gasteiger partial charge < -0.3 is 19.6 Å². The summed E-state index contributed by atoms with van der Waals surface area (Å²) in [5.41, 5.74) is 0. The van der Waals surface area contributed by atoms with E-state index in [0.29, 0.717) is 0 Å². The van der Waals surface area contributed by atoms with Gasteiger partial charge in [-0.1, -0.05) is 6.58 Å². The van der Waals surface area contributed by atoms with E-state index in [-0.39, 0.29) is 0 Å². The molecule has 0 fully saturated rings. The number of rotatable bonds is 10. The highest BCUT2D eigenvalue weighted by Crippen LogP contribution is 1.90. The van der Waals surface area contributed by atoms with Crippen LogP contribution in [0.15, 0.2) is 12.8 Å². The molecule has 0 amide bonds. The summed E-state index contributed by atoms with van der Waals surface area (Å²) in [6, 6.07) is 0. The van der Waals surface area contributed by atoms with Crippen molar-refractivity contribution < 1.29 is 0 Å². The van der Waals surface area contributed by atoms with Crippen molar-refractivity contribution in [2.45, 2.75) is 0 Å². The number of nitrogens with zero attached hydrogens (tertiary/aromatic N) is 4. The SMILES string of the molecule is C=CN(C)CCN(C)CCN(C)CCN(C)C. The smallest absolute Gasteiger partial charge is 0.0296 e. The highest BCUT2D eigenvalue weighted by molar-refractivity contribution is 4.68. The van der Waals surface area contributed by atoms with Crippen molar-refractivity contribution in [2.24, 2.45) is 0 Å². The third-order valence-electron chi connectivity index (χ3n) is 2.94. The zero-order valence-corrected chi connectivity index (χ0v) is 12.3. The molecule has 0 heterocycles. The lowest BCUT2D eigenvalue weighted by Gasteiger charge is -2.24. The van der Waals surface area contributed by atoms with E-state index in [1.165, 1.54) is 0 Å². The average Bonchev–Trinajstić information content (AvgIpc) is 2.30. The number of hydrogen-bond donors (Lipinski definition) is 0. The Kier molecular flexibility index (Phi) is 9.13. The van der Waals surface area contributed by atoms with Crippen LogP contribution in [0.4, 0.5) is 0 Å². The van der Waals surface area contributed by atoms with Gasteiger partial charge in [0.2, 0.25) is 0 Å². The first-order valence-corrected chi connectivity index (χ1v) is 6.30. The maximum absolute atomic E-state index is 3.75. The lowest BCUT2D eigenvalue weighted by molar-refractivity contribution is 0.229. The van der Waals surface area contributed by atoms with Crippen molar-refractivity contribution in [3.05, 3.63) is 12.8 Å². The molecule has 0 unspecified atom stereocenters. The third-order valence-corrected chi connectivity index (χ3v) is 2.94. The molecule has 0 aromatic carbocycles. The monoisotopic (exact) mass is 242 g/mol. The second-order valence-electron chi connectivity index (χ2n) is 5.07. The minimum Gasteiger partial charge on any atom is -0.380 e. The second kappa shape index (κ2) is 9.45. The van der Waals surface area contributed by atoms with Gasteiger partial charge in [0, 0.05) is 46.3 Å². The molecule has 4 nitrogen and oxygen atoms in total. The van der Waals surface area contributed by atoms with Crippen LogP contribution < -0.4 is 0 Å². The lowest BCUT2D eigenvalue weighted by Crippen LogP contribution is -2.36. The maximum atomic E-state index is 3.75. The van der Waals surface area contributed by atoms with Crippen molar-refractivity contribution in [1.29, 1.82) is 0 Å². The normalized spacial score (nSPS) is 11.5. The van der Waals surface area contributed by atoms with Crippen molar-refractivity contribution in [1.82, 2.24) is 19.6 Å². The van der Waals surface area contributed by atoms with Crippen molar-refractivity contribution in [3.8, 4) is 0 Å². The molecule has 0 radical (unpaired) electrons. The van der Waals surface area contributed by atoms with Crippen LogP contribution in [0.2, 0.25) is 0 Å². The van der Waals surface area contributed by atoms with E-state index in [1.54, 1.807) is 0 Å². The van der Waals surface area contributed by atoms with Gasteiger partial charge in [-0.15, -0.1) is 0 Å². The molecule has 0 aromatic rings. The van der Waals surface area contributed by atoms with Gasteiger partial charge in [-0.2, -0.15) is 0 Å². The predicted molar refractivity (Wildman–Crippen MR) is 76.4 cm³/mol. The van der Waals surface area contributed by atoms with E-state index in [0.717, 1.165) is 39.3 Å². The van der Waals surface area contributed by atoms with Crippen LogP contribution in [0, 0.1) is 0 Å². The zero-order valence-electron chi connectivity index (χ0n) is 12.3. The van der Waals surface area contributed by atoms with Gasteiger partial charge in [-0.3, -0.25) is 0 Å². The molecule has 0 saturated carbocycles. The number of hydrogen-bond acceptors (Lipinski definition) is 4. The van der Waals surface area contributed by atoms with Crippen LogP contribution in [0.1, 0.15) is 0 Å². The fraction of sp³-hybridized carbons (Fsp3) is 0.846. The van der Waals surface area contributed by atoms with E-state index >= 15 is 0 Å². The van der Waals surface area contributed by atoms with Crippen LogP contribution in [-0.4, -0.2) is 94.1 Å². The molecule has 0 aromatic heterocycles. The van der Waals surface area contributed by atoms with Gasteiger partial charge in [0.05, 0.1) is 0 Å². The molecule has 0 N–H and O–H groups in total. The van der Waals surface area contributed by atoms with Crippen LogP contribution in [0.5, 0.6) is 0 Å². The lowest BCUT2D eigenvalue weighted by atomic mass is 10.4. The summed E-state index contributed by atoms with van der Waals surface area (Å²) in [5, 5.41) is 0. The summed E-state index contributed by atoms with van der Waals surface area (Å²) < 4.78 is 0. The topological polar surface area (TPSA) is 13.0 Å². The molecule has 0 bridgehead atoms. The average molecular weight is 242 g/mol. The summed E-state index contributed by atoms with van der Waals surface area (Å²) in [4.78, 5) is 9.09. The van der Waals surface area contributed by atoms with E-state index in [9.17, 15) is 0 Å². The van der Waals surface area contributed by atoms with Gasteiger partial charge in [0.1, 0.15) is 0 Å². The second-order valence-corrected chi connectivity index (χ2v) is 5.07.